The van der Waals surface area contributed by atoms with Gasteiger partial charge in [-0.15, -0.1) is 0 Å². The number of hydrogen-bond donors (Lipinski definition) is 0. The second-order valence-electron chi connectivity index (χ2n) is 7.59. The van der Waals surface area contributed by atoms with Crippen molar-refractivity contribution in [1.82, 2.24) is 0 Å². The highest BCUT2D eigenvalue weighted by atomic mass is 19.1. The SMILES string of the molecule is CCCCc1ccc(CC[C@H]2CC[C@H](CC/C=C(\F)C#N)CC2)cc1. The number of unbranched alkanes of at least 4 members (excludes halogenated alkanes) is 1. The number of allylic oxidation sites excluding steroid dienone is 2. The van der Waals surface area contributed by atoms with Crippen molar-refractivity contribution in [2.45, 2.75) is 77.6 Å². The van der Waals surface area contributed by atoms with Crippen molar-refractivity contribution in [3.8, 4) is 6.07 Å². The lowest BCUT2D eigenvalue weighted by Crippen LogP contribution is -2.15. The molecule has 0 aromatic heterocycles. The molecule has 1 aliphatic rings. The molecule has 0 saturated heterocycles. The van der Waals surface area contributed by atoms with Crippen LogP contribution in [0.4, 0.5) is 4.39 Å². The summed E-state index contributed by atoms with van der Waals surface area (Å²) < 4.78 is 12.8. The normalized spacial score (nSPS) is 21.1. The van der Waals surface area contributed by atoms with Crippen LogP contribution in [-0.2, 0) is 12.8 Å². The van der Waals surface area contributed by atoms with Gasteiger partial charge in [0.25, 0.3) is 0 Å². The van der Waals surface area contributed by atoms with E-state index in [1.165, 1.54) is 75.0 Å². The maximum atomic E-state index is 12.8. The van der Waals surface area contributed by atoms with E-state index in [-0.39, 0.29) is 0 Å². The number of rotatable bonds is 9. The van der Waals surface area contributed by atoms with Gasteiger partial charge < -0.3 is 0 Å². The zero-order valence-corrected chi connectivity index (χ0v) is 15.6. The predicted octanol–water partition coefficient (Wildman–Crippen LogP) is 6.93. The average molecular weight is 342 g/mol. The molecule has 0 unspecified atom stereocenters. The lowest BCUT2D eigenvalue weighted by Gasteiger charge is -2.28. The van der Waals surface area contributed by atoms with E-state index in [1.54, 1.807) is 6.07 Å². The zero-order chi connectivity index (χ0) is 17.9. The Kier molecular flexibility index (Phi) is 8.73. The second kappa shape index (κ2) is 11.1. The number of hydrogen-bond acceptors (Lipinski definition) is 1. The minimum atomic E-state index is -0.630. The molecule has 1 aliphatic carbocycles. The summed E-state index contributed by atoms with van der Waals surface area (Å²) in [5.74, 6) is 0.939. The fourth-order valence-corrected chi connectivity index (χ4v) is 3.92. The van der Waals surface area contributed by atoms with Crippen molar-refractivity contribution in [2.24, 2.45) is 11.8 Å². The van der Waals surface area contributed by atoms with E-state index in [1.807, 2.05) is 0 Å². The number of nitriles is 1. The van der Waals surface area contributed by atoms with Gasteiger partial charge in [-0.05, 0) is 67.6 Å². The van der Waals surface area contributed by atoms with Gasteiger partial charge in [0.2, 0.25) is 0 Å². The van der Waals surface area contributed by atoms with E-state index in [2.05, 4.69) is 31.2 Å². The molecule has 25 heavy (non-hydrogen) atoms. The molecule has 1 fully saturated rings. The van der Waals surface area contributed by atoms with Gasteiger partial charge in [0.15, 0.2) is 5.83 Å². The Labute approximate surface area is 152 Å². The maximum Gasteiger partial charge on any atom is 0.196 e. The lowest BCUT2D eigenvalue weighted by atomic mass is 9.78. The van der Waals surface area contributed by atoms with Crippen LogP contribution in [0.15, 0.2) is 36.2 Å². The van der Waals surface area contributed by atoms with E-state index >= 15 is 0 Å². The quantitative estimate of drug-likeness (QED) is 0.447. The number of halogens is 1. The zero-order valence-electron chi connectivity index (χ0n) is 15.6. The Balaban J connectivity index is 1.64. The highest BCUT2D eigenvalue weighted by Gasteiger charge is 2.20. The van der Waals surface area contributed by atoms with Crippen molar-refractivity contribution in [3.63, 3.8) is 0 Å². The van der Waals surface area contributed by atoms with Crippen LogP contribution in [0.25, 0.3) is 0 Å². The Morgan fingerprint density at radius 1 is 1.04 bits per heavy atom. The first-order valence-electron chi connectivity index (χ1n) is 10.0. The first-order chi connectivity index (χ1) is 12.2. The summed E-state index contributed by atoms with van der Waals surface area (Å²) in [6, 6.07) is 10.8. The van der Waals surface area contributed by atoms with Crippen LogP contribution in [0, 0.1) is 23.2 Å². The predicted molar refractivity (Wildman–Crippen MR) is 103 cm³/mol. The van der Waals surface area contributed by atoms with Crippen LogP contribution in [0.3, 0.4) is 0 Å². The van der Waals surface area contributed by atoms with E-state index in [9.17, 15) is 4.39 Å². The van der Waals surface area contributed by atoms with E-state index < -0.39 is 5.83 Å². The van der Waals surface area contributed by atoms with Gasteiger partial charge in [0, 0.05) is 0 Å². The lowest BCUT2D eigenvalue weighted by molar-refractivity contribution is 0.254. The molecule has 1 nitrogen and oxygen atoms in total. The maximum absolute atomic E-state index is 12.8. The van der Waals surface area contributed by atoms with Crippen LogP contribution < -0.4 is 0 Å². The molecular formula is C23H32FN. The molecule has 0 spiro atoms. The summed E-state index contributed by atoms with van der Waals surface area (Å²) in [7, 11) is 0. The molecule has 2 heteroatoms. The van der Waals surface area contributed by atoms with Gasteiger partial charge in [-0.25, -0.2) is 0 Å². The summed E-state index contributed by atoms with van der Waals surface area (Å²) in [6.45, 7) is 2.24. The molecule has 1 aromatic carbocycles. The van der Waals surface area contributed by atoms with Crippen molar-refractivity contribution >= 4 is 0 Å². The van der Waals surface area contributed by atoms with Crippen LogP contribution in [0.2, 0.25) is 0 Å². The molecule has 2 rings (SSSR count). The minimum absolute atomic E-state index is 0.630. The smallest absolute Gasteiger partial charge is 0.195 e. The third-order valence-corrected chi connectivity index (χ3v) is 5.65. The minimum Gasteiger partial charge on any atom is -0.195 e. The third kappa shape index (κ3) is 7.43. The molecule has 0 aliphatic heterocycles. The molecule has 1 aromatic rings. The van der Waals surface area contributed by atoms with Gasteiger partial charge in [-0.2, -0.15) is 9.65 Å². The molecule has 0 atom stereocenters. The van der Waals surface area contributed by atoms with E-state index in [4.69, 9.17) is 5.26 Å². The fourth-order valence-electron chi connectivity index (χ4n) is 3.92. The van der Waals surface area contributed by atoms with Gasteiger partial charge in [-0.1, -0.05) is 63.3 Å². The molecule has 0 N–H and O–H groups in total. The van der Waals surface area contributed by atoms with Crippen LogP contribution in [0.5, 0.6) is 0 Å². The fraction of sp³-hybridized carbons (Fsp3) is 0.609. The standard InChI is InChI=1S/C23H32FN/c1-2-3-5-19-8-12-21(13-9-19)16-17-22-14-10-20(11-15-22)6-4-7-23(24)18-25/h7-9,12-13,20,22H,2-6,10-11,14-17H2,1H3/b23-7-/t20-,22-. The molecular weight excluding hydrogens is 309 g/mol. The Bertz CT molecular complexity index is 559. The Morgan fingerprint density at radius 2 is 1.60 bits per heavy atom. The third-order valence-electron chi connectivity index (χ3n) is 5.65. The first kappa shape index (κ1) is 19.7. The van der Waals surface area contributed by atoms with E-state index in [0.717, 1.165) is 18.3 Å². The van der Waals surface area contributed by atoms with Crippen LogP contribution in [-0.4, -0.2) is 0 Å². The molecule has 0 heterocycles. The van der Waals surface area contributed by atoms with Gasteiger partial charge in [0.05, 0.1) is 0 Å². The van der Waals surface area contributed by atoms with Gasteiger partial charge in [-0.3, -0.25) is 0 Å². The Hall–Kier alpha value is -1.62. The molecule has 0 bridgehead atoms. The molecule has 0 radical (unpaired) electrons. The van der Waals surface area contributed by atoms with Gasteiger partial charge >= 0.3 is 0 Å². The molecule has 1 saturated carbocycles. The van der Waals surface area contributed by atoms with Crippen molar-refractivity contribution in [2.75, 3.05) is 0 Å². The summed E-state index contributed by atoms with van der Waals surface area (Å²) in [5, 5.41) is 8.42. The number of benzene rings is 1. The van der Waals surface area contributed by atoms with Crippen molar-refractivity contribution in [1.29, 1.82) is 5.26 Å². The second-order valence-corrected chi connectivity index (χ2v) is 7.59. The molecule has 0 amide bonds. The summed E-state index contributed by atoms with van der Waals surface area (Å²) in [4.78, 5) is 0. The highest BCUT2D eigenvalue weighted by Crippen LogP contribution is 2.34. The monoisotopic (exact) mass is 341 g/mol. The number of nitrogens with zero attached hydrogens (tertiary/aromatic N) is 1. The van der Waals surface area contributed by atoms with Crippen LogP contribution in [0.1, 0.15) is 75.8 Å². The van der Waals surface area contributed by atoms with Crippen LogP contribution >= 0.6 is 0 Å². The number of aryl methyl sites for hydroxylation is 2. The summed E-state index contributed by atoms with van der Waals surface area (Å²) >= 11 is 0. The van der Waals surface area contributed by atoms with Gasteiger partial charge in [0.1, 0.15) is 6.07 Å². The van der Waals surface area contributed by atoms with E-state index in [0.29, 0.717) is 6.42 Å². The first-order valence-corrected chi connectivity index (χ1v) is 10.0. The Morgan fingerprint density at radius 3 is 2.16 bits per heavy atom. The summed E-state index contributed by atoms with van der Waals surface area (Å²) in [5.41, 5.74) is 2.94. The summed E-state index contributed by atoms with van der Waals surface area (Å²) in [6.07, 6.45) is 14.6. The highest BCUT2D eigenvalue weighted by molar-refractivity contribution is 5.22. The van der Waals surface area contributed by atoms with Crippen molar-refractivity contribution in [3.05, 3.63) is 47.3 Å². The topological polar surface area (TPSA) is 23.8 Å². The largest absolute Gasteiger partial charge is 0.196 e. The average Bonchev–Trinajstić information content (AvgIpc) is 2.66. The molecule has 136 valence electrons. The van der Waals surface area contributed by atoms with Crippen molar-refractivity contribution < 1.29 is 4.39 Å².